The SMILES string of the molecule is COc1c(Cl)c(C)c(C=O)c(O)c1C/C=C(C)/C=C/[C@@]1(C)[C@H](C)CC/C(=N\C(C(=O)O)N(C)C)[C@@H]1C. The number of ether oxygens (including phenoxy) is 1. The second-order valence-corrected chi connectivity index (χ2v) is 10.5. The lowest BCUT2D eigenvalue weighted by Crippen LogP contribution is -2.42. The Balaban J connectivity index is 2.36. The molecule has 1 unspecified atom stereocenters. The van der Waals surface area contributed by atoms with Crippen molar-refractivity contribution in [2.75, 3.05) is 21.2 Å². The molecule has 0 aliphatic heterocycles. The van der Waals surface area contributed by atoms with Gasteiger partial charge in [0.1, 0.15) is 11.5 Å². The molecule has 198 valence electrons. The van der Waals surface area contributed by atoms with E-state index in [4.69, 9.17) is 16.3 Å². The third kappa shape index (κ3) is 6.01. The summed E-state index contributed by atoms with van der Waals surface area (Å²) < 4.78 is 5.43. The fourth-order valence-corrected chi connectivity index (χ4v) is 5.06. The lowest BCUT2D eigenvalue weighted by molar-refractivity contribution is -0.141. The van der Waals surface area contributed by atoms with Crippen molar-refractivity contribution in [3.63, 3.8) is 0 Å². The van der Waals surface area contributed by atoms with Gasteiger partial charge in [0.15, 0.2) is 12.5 Å². The number of aldehydes is 1. The number of rotatable bonds is 9. The van der Waals surface area contributed by atoms with E-state index in [0.29, 0.717) is 40.5 Å². The van der Waals surface area contributed by atoms with Gasteiger partial charge in [-0.25, -0.2) is 4.79 Å². The van der Waals surface area contributed by atoms with Gasteiger partial charge in [0.2, 0.25) is 0 Å². The third-order valence-corrected chi connectivity index (χ3v) is 8.18. The minimum Gasteiger partial charge on any atom is -0.507 e. The van der Waals surface area contributed by atoms with Crippen LogP contribution in [0.2, 0.25) is 5.02 Å². The summed E-state index contributed by atoms with van der Waals surface area (Å²) in [5.41, 5.74) is 2.80. The molecule has 0 spiro atoms. The van der Waals surface area contributed by atoms with Gasteiger partial charge in [-0.2, -0.15) is 0 Å². The average Bonchev–Trinajstić information content (AvgIpc) is 2.82. The molecule has 4 atom stereocenters. The van der Waals surface area contributed by atoms with E-state index < -0.39 is 12.1 Å². The summed E-state index contributed by atoms with van der Waals surface area (Å²) in [6, 6.07) is 0. The van der Waals surface area contributed by atoms with E-state index in [2.05, 4.69) is 37.9 Å². The molecule has 0 heterocycles. The number of aliphatic imine (C=N–C) groups is 1. The van der Waals surface area contributed by atoms with Gasteiger partial charge in [0, 0.05) is 17.2 Å². The molecule has 0 aromatic heterocycles. The number of carbonyl (C=O) groups excluding carboxylic acids is 1. The molecule has 1 saturated carbocycles. The first-order valence-electron chi connectivity index (χ1n) is 12.1. The number of carbonyl (C=O) groups is 2. The molecule has 1 aromatic carbocycles. The predicted octanol–water partition coefficient (Wildman–Crippen LogP) is 5.71. The number of methoxy groups -OCH3 is 1. The van der Waals surface area contributed by atoms with Crippen LogP contribution < -0.4 is 4.74 Å². The van der Waals surface area contributed by atoms with E-state index in [1.165, 1.54) is 7.11 Å². The Bertz CT molecular complexity index is 1090. The lowest BCUT2D eigenvalue weighted by atomic mass is 9.61. The first kappa shape index (κ1) is 29.6. The van der Waals surface area contributed by atoms with E-state index in [1.54, 1.807) is 25.9 Å². The standard InChI is InChI=1S/C28H39ClN2O5/c1-16(9-11-20-24(33)21(15-32)18(3)23(29)25(20)36-8)13-14-28(5)17(2)10-12-22(19(28)4)30-26(27(34)35)31(6)7/h9,13-15,17,19,26,33H,10-12H2,1-8H3,(H,34,35)/b14-13+,16-9+,30-22+/t17-,19+,26?,28+/m1/s1. The zero-order valence-corrected chi connectivity index (χ0v) is 23.3. The number of likely N-dealkylation sites (N-methyl/N-ethyl adjacent to an activating group) is 1. The zero-order chi connectivity index (χ0) is 27.4. The normalized spacial score (nSPS) is 24.9. The maximum absolute atomic E-state index is 11.7. The van der Waals surface area contributed by atoms with Gasteiger partial charge in [-0.3, -0.25) is 14.7 Å². The second kappa shape index (κ2) is 12.1. The number of aliphatic carboxylic acids is 1. The minimum absolute atomic E-state index is 0.0716. The summed E-state index contributed by atoms with van der Waals surface area (Å²) in [5, 5.41) is 20.6. The number of hydrogen-bond acceptors (Lipinski definition) is 6. The quantitative estimate of drug-likeness (QED) is 0.321. The maximum atomic E-state index is 11.7. The van der Waals surface area contributed by atoms with Gasteiger partial charge >= 0.3 is 5.97 Å². The number of carboxylic acids is 1. The fourth-order valence-electron chi connectivity index (χ4n) is 4.77. The Kier molecular flexibility index (Phi) is 9.92. The number of phenolic OH excluding ortho intramolecular Hbond substituents is 1. The van der Waals surface area contributed by atoms with Crippen molar-refractivity contribution < 1.29 is 24.5 Å². The first-order valence-corrected chi connectivity index (χ1v) is 12.5. The van der Waals surface area contributed by atoms with Crippen LogP contribution in [0.5, 0.6) is 11.5 Å². The van der Waals surface area contributed by atoms with E-state index in [1.807, 2.05) is 13.0 Å². The summed E-state index contributed by atoms with van der Waals surface area (Å²) >= 11 is 6.39. The molecule has 1 aromatic rings. The van der Waals surface area contributed by atoms with Gasteiger partial charge in [-0.15, -0.1) is 0 Å². The van der Waals surface area contributed by atoms with Gasteiger partial charge in [0.25, 0.3) is 0 Å². The van der Waals surface area contributed by atoms with Crippen LogP contribution in [-0.2, 0) is 11.2 Å². The van der Waals surface area contributed by atoms with Crippen molar-refractivity contribution in [3.8, 4) is 11.5 Å². The summed E-state index contributed by atoms with van der Waals surface area (Å²) in [7, 11) is 4.92. The van der Waals surface area contributed by atoms with E-state index in [0.717, 1.165) is 24.1 Å². The number of hydrogen-bond donors (Lipinski definition) is 2. The molecule has 2 N–H and O–H groups in total. The predicted molar refractivity (Wildman–Crippen MR) is 145 cm³/mol. The molecule has 7 nitrogen and oxygen atoms in total. The molecule has 0 bridgehead atoms. The Hall–Kier alpha value is -2.64. The van der Waals surface area contributed by atoms with E-state index in [9.17, 15) is 19.8 Å². The van der Waals surface area contributed by atoms with Crippen molar-refractivity contribution in [1.29, 1.82) is 0 Å². The Labute approximate surface area is 219 Å². The van der Waals surface area contributed by atoms with Crippen LogP contribution in [0.3, 0.4) is 0 Å². The lowest BCUT2D eigenvalue weighted by Gasteiger charge is -2.44. The van der Waals surface area contributed by atoms with Crippen molar-refractivity contribution in [2.24, 2.45) is 22.2 Å². The number of nitrogens with zero attached hydrogens (tertiary/aromatic N) is 2. The number of benzene rings is 1. The molecule has 1 aliphatic rings. The zero-order valence-electron chi connectivity index (χ0n) is 22.6. The van der Waals surface area contributed by atoms with Crippen LogP contribution in [0.15, 0.2) is 28.8 Å². The van der Waals surface area contributed by atoms with Crippen LogP contribution in [0.25, 0.3) is 0 Å². The third-order valence-electron chi connectivity index (χ3n) is 7.73. The highest BCUT2D eigenvalue weighted by Gasteiger charge is 2.41. The molecular weight excluding hydrogens is 480 g/mol. The number of halogens is 1. The number of carboxylic acid groups (broad SMARTS) is 1. The van der Waals surface area contributed by atoms with Crippen molar-refractivity contribution >= 4 is 29.6 Å². The molecule has 1 aliphatic carbocycles. The van der Waals surface area contributed by atoms with Gasteiger partial charge in [0.05, 0.1) is 17.7 Å². The van der Waals surface area contributed by atoms with Crippen LogP contribution in [0, 0.1) is 24.2 Å². The van der Waals surface area contributed by atoms with Gasteiger partial charge in [-0.05, 0) is 64.1 Å². The van der Waals surface area contributed by atoms with Crippen molar-refractivity contribution in [2.45, 2.75) is 60.0 Å². The van der Waals surface area contributed by atoms with Crippen LogP contribution in [0.1, 0.15) is 62.0 Å². The molecule has 0 amide bonds. The largest absolute Gasteiger partial charge is 0.507 e. The molecule has 0 radical (unpaired) electrons. The second-order valence-electron chi connectivity index (χ2n) is 10.1. The highest BCUT2D eigenvalue weighted by Crippen LogP contribution is 2.45. The summed E-state index contributed by atoms with van der Waals surface area (Å²) in [5.74, 6) is -0.257. The summed E-state index contributed by atoms with van der Waals surface area (Å²) in [6.07, 6.45) is 7.94. The molecule has 1 fully saturated rings. The topological polar surface area (TPSA) is 99.4 Å². The van der Waals surface area contributed by atoms with Crippen molar-refractivity contribution in [3.05, 3.63) is 45.5 Å². The molecule has 36 heavy (non-hydrogen) atoms. The van der Waals surface area contributed by atoms with E-state index >= 15 is 0 Å². The van der Waals surface area contributed by atoms with Crippen LogP contribution in [-0.4, -0.2) is 60.5 Å². The van der Waals surface area contributed by atoms with Crippen LogP contribution in [0.4, 0.5) is 0 Å². The first-order chi connectivity index (χ1) is 16.8. The minimum atomic E-state index is -0.957. The molecule has 8 heteroatoms. The number of phenols is 1. The molecule has 2 rings (SSSR count). The Morgan fingerprint density at radius 2 is 2.00 bits per heavy atom. The number of aromatic hydroxyl groups is 1. The Morgan fingerprint density at radius 3 is 2.53 bits per heavy atom. The molecular formula is C28H39ClN2O5. The smallest absolute Gasteiger partial charge is 0.343 e. The molecule has 0 saturated heterocycles. The fraction of sp³-hybridized carbons (Fsp3) is 0.536. The highest BCUT2D eigenvalue weighted by atomic mass is 35.5. The maximum Gasteiger partial charge on any atom is 0.343 e. The van der Waals surface area contributed by atoms with Gasteiger partial charge < -0.3 is 14.9 Å². The van der Waals surface area contributed by atoms with Crippen LogP contribution >= 0.6 is 11.6 Å². The summed E-state index contributed by atoms with van der Waals surface area (Å²) in [4.78, 5) is 29.4. The monoisotopic (exact) mass is 518 g/mol. The summed E-state index contributed by atoms with van der Waals surface area (Å²) in [6.45, 7) is 10.2. The number of allylic oxidation sites excluding steroid dienone is 4. The van der Waals surface area contributed by atoms with E-state index in [-0.39, 0.29) is 22.6 Å². The van der Waals surface area contributed by atoms with Crippen molar-refractivity contribution in [1.82, 2.24) is 4.90 Å². The Morgan fingerprint density at radius 1 is 1.36 bits per heavy atom. The van der Waals surface area contributed by atoms with Gasteiger partial charge in [-0.1, -0.05) is 56.2 Å². The highest BCUT2D eigenvalue weighted by molar-refractivity contribution is 6.33. The average molecular weight is 519 g/mol.